The van der Waals surface area contributed by atoms with Crippen molar-refractivity contribution in [1.29, 1.82) is 0 Å². The summed E-state index contributed by atoms with van der Waals surface area (Å²) in [6.07, 6.45) is -4.48. The number of carbonyl (C=O) groups is 2. The number of amidine groups is 1. The van der Waals surface area contributed by atoms with Crippen molar-refractivity contribution in [2.45, 2.75) is 19.5 Å². The van der Waals surface area contributed by atoms with Gasteiger partial charge in [-0.25, -0.2) is 10.2 Å². The van der Waals surface area contributed by atoms with Crippen molar-refractivity contribution < 1.29 is 27.5 Å². The van der Waals surface area contributed by atoms with Gasteiger partial charge < -0.3 is 10.5 Å². The second-order valence-electron chi connectivity index (χ2n) is 4.08. The molecule has 1 rings (SSSR count). The number of halogens is 4. The predicted octanol–water partition coefficient (Wildman–Crippen LogP) is 1.25. The second kappa shape index (κ2) is 7.77. The number of rotatable bonds is 4. The monoisotopic (exact) mass is 352 g/mol. The molecule has 0 saturated heterocycles. The lowest BCUT2D eigenvalue weighted by molar-refractivity contribution is -0.138. The number of carbonyl (C=O) groups excluding carboxylic acids is 2. The van der Waals surface area contributed by atoms with Crippen LogP contribution >= 0.6 is 11.6 Å². The number of nitrogens with one attached hydrogen (secondary N) is 1. The Morgan fingerprint density at radius 2 is 2.13 bits per heavy atom. The van der Waals surface area contributed by atoms with Crippen molar-refractivity contribution in [3.8, 4) is 0 Å². The highest BCUT2D eigenvalue weighted by Crippen LogP contribution is 2.31. The Bertz CT molecular complexity index is 634. The van der Waals surface area contributed by atoms with E-state index in [9.17, 15) is 22.8 Å². The van der Waals surface area contributed by atoms with E-state index in [-0.39, 0.29) is 17.3 Å². The topological polar surface area (TPSA) is 107 Å². The highest BCUT2D eigenvalue weighted by molar-refractivity contribution is 6.34. The number of hydrogen-bond acceptors (Lipinski definition) is 5. The lowest BCUT2D eigenvalue weighted by Crippen LogP contribution is -2.31. The van der Waals surface area contributed by atoms with Crippen molar-refractivity contribution in [1.82, 2.24) is 10.4 Å². The van der Waals surface area contributed by atoms with Gasteiger partial charge in [0, 0.05) is 6.20 Å². The minimum absolute atomic E-state index is 0.0775. The van der Waals surface area contributed by atoms with Crippen LogP contribution in [0.2, 0.25) is 5.02 Å². The lowest BCUT2D eigenvalue weighted by atomic mass is 10.2. The van der Waals surface area contributed by atoms with Crippen LogP contribution < -0.4 is 11.2 Å². The third kappa shape index (κ3) is 5.74. The molecule has 7 nitrogen and oxygen atoms in total. The van der Waals surface area contributed by atoms with Crippen molar-refractivity contribution in [3.63, 3.8) is 0 Å². The van der Waals surface area contributed by atoms with E-state index in [2.05, 4.69) is 14.8 Å². The summed E-state index contributed by atoms with van der Waals surface area (Å²) < 4.78 is 41.9. The smallest absolute Gasteiger partial charge is 0.417 e. The minimum Gasteiger partial charge on any atom is -0.460 e. The summed E-state index contributed by atoms with van der Waals surface area (Å²) in [4.78, 5) is 26.2. The van der Waals surface area contributed by atoms with Gasteiger partial charge in [-0.3, -0.25) is 9.78 Å². The summed E-state index contributed by atoms with van der Waals surface area (Å²) in [5.74, 6) is -2.27. The zero-order chi connectivity index (χ0) is 17.6. The number of hydrazone groups is 1. The molecule has 0 spiro atoms. The molecular weight excluding hydrogens is 341 g/mol. The zero-order valence-corrected chi connectivity index (χ0v) is 12.5. The number of ether oxygens (including phenoxy) is 1. The van der Waals surface area contributed by atoms with E-state index in [1.165, 1.54) is 0 Å². The molecular formula is C12H12ClF3N4O3. The number of hydrogen-bond donors (Lipinski definition) is 2. The molecule has 1 amide bonds. The van der Waals surface area contributed by atoms with E-state index in [4.69, 9.17) is 17.3 Å². The maximum absolute atomic E-state index is 12.5. The fourth-order valence-corrected chi connectivity index (χ4v) is 1.55. The average Bonchev–Trinajstić information content (AvgIpc) is 2.46. The van der Waals surface area contributed by atoms with Gasteiger partial charge >= 0.3 is 12.1 Å². The van der Waals surface area contributed by atoms with Gasteiger partial charge in [-0.15, -0.1) is 5.10 Å². The van der Waals surface area contributed by atoms with Gasteiger partial charge in [-0.05, 0) is 13.0 Å². The van der Waals surface area contributed by atoms with Crippen LogP contribution in [0, 0.1) is 0 Å². The fraction of sp³-hybridized carbons (Fsp3) is 0.333. The Labute approximate surface area is 133 Å². The molecule has 1 heterocycles. The number of nitrogens with two attached hydrogens (primary N) is 1. The van der Waals surface area contributed by atoms with E-state index in [1.807, 2.05) is 5.43 Å². The molecule has 0 unspecified atom stereocenters. The Morgan fingerprint density at radius 1 is 1.48 bits per heavy atom. The standard InChI is InChI=1S/C12H12ClF3N4O3/c1-2-23-11(22)10(17)20-19-9(21)4-8-7(13)3-6(5-18-8)12(14,15)16/h3,5H,2,4H2,1H3,(H2,17,20)(H,19,21). The number of nitrogens with zero attached hydrogens (tertiary/aromatic N) is 2. The van der Waals surface area contributed by atoms with Crippen LogP contribution in [-0.4, -0.2) is 29.3 Å². The van der Waals surface area contributed by atoms with Crippen LogP contribution in [0.25, 0.3) is 0 Å². The molecule has 1 aromatic heterocycles. The molecule has 126 valence electrons. The minimum atomic E-state index is -4.59. The van der Waals surface area contributed by atoms with Crippen LogP contribution in [-0.2, 0) is 26.9 Å². The van der Waals surface area contributed by atoms with E-state index < -0.39 is 35.9 Å². The molecule has 0 fully saturated rings. The van der Waals surface area contributed by atoms with E-state index in [0.717, 1.165) is 0 Å². The van der Waals surface area contributed by atoms with Crippen molar-refractivity contribution in [2.75, 3.05) is 6.61 Å². The van der Waals surface area contributed by atoms with Crippen LogP contribution in [0.5, 0.6) is 0 Å². The number of pyridine rings is 1. The van der Waals surface area contributed by atoms with E-state index >= 15 is 0 Å². The quantitative estimate of drug-likeness (QED) is 0.367. The lowest BCUT2D eigenvalue weighted by Gasteiger charge is -2.08. The van der Waals surface area contributed by atoms with Crippen molar-refractivity contribution >= 4 is 29.3 Å². The Balaban J connectivity index is 2.72. The Hall–Kier alpha value is -2.36. The van der Waals surface area contributed by atoms with Gasteiger partial charge in [0.1, 0.15) is 0 Å². The highest BCUT2D eigenvalue weighted by atomic mass is 35.5. The first kappa shape index (κ1) is 18.7. The summed E-state index contributed by atoms with van der Waals surface area (Å²) >= 11 is 5.66. The Kier molecular flexibility index (Phi) is 6.31. The SMILES string of the molecule is CCOC(=O)/C(N)=N\NC(=O)Cc1ncc(C(F)(F)F)cc1Cl. The molecule has 0 aliphatic rings. The predicted molar refractivity (Wildman–Crippen MR) is 74.4 cm³/mol. The number of alkyl halides is 3. The van der Waals surface area contributed by atoms with Crippen LogP contribution in [0.1, 0.15) is 18.2 Å². The summed E-state index contributed by atoms with van der Waals surface area (Å²) in [7, 11) is 0. The maximum Gasteiger partial charge on any atom is 0.417 e. The zero-order valence-electron chi connectivity index (χ0n) is 11.8. The molecule has 0 atom stereocenters. The van der Waals surface area contributed by atoms with Crippen LogP contribution in [0.15, 0.2) is 17.4 Å². The first-order valence-corrected chi connectivity index (χ1v) is 6.53. The molecule has 0 saturated carbocycles. The third-order valence-corrected chi connectivity index (χ3v) is 2.69. The van der Waals surface area contributed by atoms with Crippen LogP contribution in [0.3, 0.4) is 0 Å². The number of aromatic nitrogens is 1. The fourth-order valence-electron chi connectivity index (χ4n) is 1.32. The van der Waals surface area contributed by atoms with Gasteiger partial charge in [0.25, 0.3) is 0 Å². The molecule has 1 aromatic rings. The van der Waals surface area contributed by atoms with Gasteiger partial charge in [-0.1, -0.05) is 11.6 Å². The number of amides is 1. The van der Waals surface area contributed by atoms with Crippen molar-refractivity contribution in [3.05, 3.63) is 28.5 Å². The highest BCUT2D eigenvalue weighted by Gasteiger charge is 2.31. The third-order valence-electron chi connectivity index (χ3n) is 2.36. The van der Waals surface area contributed by atoms with Gasteiger partial charge in [0.15, 0.2) is 0 Å². The summed E-state index contributed by atoms with van der Waals surface area (Å²) in [6.45, 7) is 1.64. The molecule has 0 aliphatic heterocycles. The molecule has 11 heteroatoms. The van der Waals surface area contributed by atoms with Crippen LogP contribution in [0.4, 0.5) is 13.2 Å². The van der Waals surface area contributed by atoms with Gasteiger partial charge in [0.05, 0.1) is 29.3 Å². The molecule has 0 aliphatic carbocycles. The second-order valence-corrected chi connectivity index (χ2v) is 4.49. The van der Waals surface area contributed by atoms with Crippen molar-refractivity contribution in [2.24, 2.45) is 10.8 Å². The average molecular weight is 353 g/mol. The summed E-state index contributed by atoms with van der Waals surface area (Å²) in [5.41, 5.74) is 6.07. The molecule has 0 radical (unpaired) electrons. The van der Waals surface area contributed by atoms with Gasteiger partial charge in [-0.2, -0.15) is 13.2 Å². The van der Waals surface area contributed by atoms with E-state index in [0.29, 0.717) is 12.3 Å². The maximum atomic E-state index is 12.5. The first-order chi connectivity index (χ1) is 10.6. The summed E-state index contributed by atoms with van der Waals surface area (Å²) in [6, 6.07) is 0.660. The molecule has 23 heavy (non-hydrogen) atoms. The molecule has 0 aromatic carbocycles. The Morgan fingerprint density at radius 3 is 2.65 bits per heavy atom. The van der Waals surface area contributed by atoms with Gasteiger partial charge in [0.2, 0.25) is 11.7 Å². The first-order valence-electron chi connectivity index (χ1n) is 6.15. The summed E-state index contributed by atoms with van der Waals surface area (Å²) in [5, 5.41) is 2.97. The van der Waals surface area contributed by atoms with E-state index in [1.54, 1.807) is 6.92 Å². The normalized spacial score (nSPS) is 12.0. The number of esters is 1. The molecule has 3 N–H and O–H groups in total. The largest absolute Gasteiger partial charge is 0.460 e. The molecule has 0 bridgehead atoms.